The first-order chi connectivity index (χ1) is 13.5. The highest BCUT2D eigenvalue weighted by atomic mass is 32.1. The molecule has 0 saturated heterocycles. The number of carbonyl (C=O) groups is 1. The fourth-order valence-electron chi connectivity index (χ4n) is 3.05. The molecule has 1 amide bonds. The van der Waals surface area contributed by atoms with Gasteiger partial charge in [-0.2, -0.15) is 0 Å². The Kier molecular flexibility index (Phi) is 6.86. The van der Waals surface area contributed by atoms with Gasteiger partial charge in [0.1, 0.15) is 17.4 Å². The Balaban J connectivity index is 1.65. The first-order valence-electron chi connectivity index (χ1n) is 9.44. The molecule has 2 aromatic heterocycles. The fourth-order valence-corrected chi connectivity index (χ4v) is 4.44. The molecule has 0 aliphatic heterocycles. The van der Waals surface area contributed by atoms with Gasteiger partial charge in [-0.1, -0.05) is 19.1 Å². The number of ether oxygens (including phenoxy) is 1. The molecule has 0 N–H and O–H groups in total. The zero-order chi connectivity index (χ0) is 20.1. The summed E-state index contributed by atoms with van der Waals surface area (Å²) < 4.78 is 6.03. The van der Waals surface area contributed by atoms with Crippen LogP contribution in [-0.4, -0.2) is 22.3 Å². The van der Waals surface area contributed by atoms with Gasteiger partial charge in [-0.05, 0) is 61.4 Å². The molecule has 3 rings (SSSR count). The summed E-state index contributed by atoms with van der Waals surface area (Å²) in [5.41, 5.74) is 4.51. The first-order valence-corrected chi connectivity index (χ1v) is 11.2. The molecule has 2 heterocycles. The summed E-state index contributed by atoms with van der Waals surface area (Å²) in [4.78, 5) is 20.0. The predicted molar refractivity (Wildman–Crippen MR) is 116 cm³/mol. The SMILES string of the molecule is CCCN(Cc1csc(COc2cc(C)cc(C)c2C)n1)C(=O)c1cccs1. The number of thiophene rings is 1. The van der Waals surface area contributed by atoms with E-state index in [9.17, 15) is 4.79 Å². The van der Waals surface area contributed by atoms with E-state index in [0.29, 0.717) is 13.2 Å². The normalized spacial score (nSPS) is 10.9. The summed E-state index contributed by atoms with van der Waals surface area (Å²) in [6.45, 7) is 10.0. The van der Waals surface area contributed by atoms with Crippen LogP contribution >= 0.6 is 22.7 Å². The Morgan fingerprint density at radius 2 is 2.04 bits per heavy atom. The molecule has 28 heavy (non-hydrogen) atoms. The van der Waals surface area contributed by atoms with E-state index >= 15 is 0 Å². The summed E-state index contributed by atoms with van der Waals surface area (Å²) in [7, 11) is 0. The van der Waals surface area contributed by atoms with Crippen LogP contribution in [0.5, 0.6) is 5.75 Å². The maximum Gasteiger partial charge on any atom is 0.264 e. The van der Waals surface area contributed by atoms with Crippen LogP contribution in [0.4, 0.5) is 0 Å². The van der Waals surface area contributed by atoms with Crippen molar-refractivity contribution in [2.24, 2.45) is 0 Å². The summed E-state index contributed by atoms with van der Waals surface area (Å²) in [6, 6.07) is 8.02. The fraction of sp³-hybridized carbons (Fsp3) is 0.364. The van der Waals surface area contributed by atoms with Crippen molar-refractivity contribution in [3.05, 3.63) is 67.3 Å². The van der Waals surface area contributed by atoms with E-state index in [4.69, 9.17) is 4.74 Å². The van der Waals surface area contributed by atoms with Gasteiger partial charge in [0.15, 0.2) is 0 Å². The molecule has 3 aromatic rings. The molecule has 0 aliphatic carbocycles. The van der Waals surface area contributed by atoms with E-state index in [0.717, 1.165) is 39.9 Å². The molecule has 0 unspecified atom stereocenters. The van der Waals surface area contributed by atoms with Gasteiger partial charge >= 0.3 is 0 Å². The number of aryl methyl sites for hydroxylation is 2. The third-order valence-corrected chi connectivity index (χ3v) is 6.31. The highest BCUT2D eigenvalue weighted by Gasteiger charge is 2.17. The summed E-state index contributed by atoms with van der Waals surface area (Å²) in [5, 5.41) is 4.88. The van der Waals surface area contributed by atoms with Crippen molar-refractivity contribution >= 4 is 28.6 Å². The maximum atomic E-state index is 12.7. The van der Waals surface area contributed by atoms with E-state index in [-0.39, 0.29) is 5.91 Å². The minimum atomic E-state index is 0.0773. The average Bonchev–Trinajstić information content (AvgIpc) is 3.34. The van der Waals surface area contributed by atoms with Crippen LogP contribution < -0.4 is 4.74 Å². The third-order valence-electron chi connectivity index (χ3n) is 4.58. The molecule has 4 nitrogen and oxygen atoms in total. The lowest BCUT2D eigenvalue weighted by atomic mass is 10.1. The van der Waals surface area contributed by atoms with Crippen LogP contribution in [0.2, 0.25) is 0 Å². The Morgan fingerprint density at radius 1 is 1.21 bits per heavy atom. The predicted octanol–water partition coefficient (Wildman–Crippen LogP) is 5.76. The number of carbonyl (C=O) groups excluding carboxylic acids is 1. The second-order valence-electron chi connectivity index (χ2n) is 6.93. The van der Waals surface area contributed by atoms with E-state index in [1.807, 2.05) is 27.8 Å². The molecule has 0 atom stereocenters. The van der Waals surface area contributed by atoms with Crippen LogP contribution in [0.1, 0.15) is 50.4 Å². The number of hydrogen-bond donors (Lipinski definition) is 0. The Bertz CT molecular complexity index is 932. The smallest absolute Gasteiger partial charge is 0.264 e. The van der Waals surface area contributed by atoms with Gasteiger partial charge < -0.3 is 9.64 Å². The molecule has 0 bridgehead atoms. The van der Waals surface area contributed by atoms with Gasteiger partial charge in [-0.25, -0.2) is 4.98 Å². The Hall–Kier alpha value is -2.18. The molecular weight excluding hydrogens is 388 g/mol. The van der Waals surface area contributed by atoms with Crippen molar-refractivity contribution in [2.45, 2.75) is 47.3 Å². The summed E-state index contributed by atoms with van der Waals surface area (Å²) >= 11 is 3.06. The van der Waals surface area contributed by atoms with Crippen LogP contribution in [0.25, 0.3) is 0 Å². The highest BCUT2D eigenvalue weighted by Crippen LogP contribution is 2.25. The van der Waals surface area contributed by atoms with Gasteiger partial charge in [-0.15, -0.1) is 22.7 Å². The number of thiazole rings is 1. The maximum absolute atomic E-state index is 12.7. The van der Waals surface area contributed by atoms with E-state index in [1.54, 1.807) is 11.3 Å². The molecule has 148 valence electrons. The van der Waals surface area contributed by atoms with Gasteiger partial charge in [0, 0.05) is 11.9 Å². The highest BCUT2D eigenvalue weighted by molar-refractivity contribution is 7.12. The minimum Gasteiger partial charge on any atom is -0.486 e. The molecule has 0 spiro atoms. The van der Waals surface area contributed by atoms with Crippen molar-refractivity contribution in [3.63, 3.8) is 0 Å². The number of nitrogens with zero attached hydrogens (tertiary/aromatic N) is 2. The second kappa shape index (κ2) is 9.34. The molecule has 0 aliphatic rings. The topological polar surface area (TPSA) is 42.4 Å². The quantitative estimate of drug-likeness (QED) is 0.470. The van der Waals surface area contributed by atoms with Crippen molar-refractivity contribution in [3.8, 4) is 5.75 Å². The first kappa shape index (κ1) is 20.6. The molecule has 0 radical (unpaired) electrons. The largest absolute Gasteiger partial charge is 0.486 e. The lowest BCUT2D eigenvalue weighted by molar-refractivity contribution is 0.0746. The van der Waals surface area contributed by atoms with Crippen molar-refractivity contribution in [1.29, 1.82) is 0 Å². The lowest BCUT2D eigenvalue weighted by Crippen LogP contribution is -2.30. The zero-order valence-electron chi connectivity index (χ0n) is 16.8. The van der Waals surface area contributed by atoms with E-state index in [2.05, 4.69) is 44.8 Å². The van der Waals surface area contributed by atoms with Gasteiger partial charge in [0.2, 0.25) is 0 Å². The summed E-state index contributed by atoms with van der Waals surface area (Å²) in [6.07, 6.45) is 0.920. The Morgan fingerprint density at radius 3 is 2.75 bits per heavy atom. The average molecular weight is 415 g/mol. The second-order valence-corrected chi connectivity index (χ2v) is 8.82. The number of hydrogen-bond acceptors (Lipinski definition) is 5. The van der Waals surface area contributed by atoms with Crippen LogP contribution in [-0.2, 0) is 13.2 Å². The number of benzene rings is 1. The molecule has 1 aromatic carbocycles. The monoisotopic (exact) mass is 414 g/mol. The van der Waals surface area contributed by atoms with E-state index in [1.165, 1.54) is 22.5 Å². The van der Waals surface area contributed by atoms with Gasteiger partial charge in [-0.3, -0.25) is 4.79 Å². The standard InChI is InChI=1S/C22H26N2O2S2/c1-5-8-24(22(25)20-7-6-9-27-20)12-18-14-28-21(23-18)13-26-19-11-15(2)10-16(3)17(19)4/h6-7,9-11,14H,5,8,12-13H2,1-4H3. The van der Waals surface area contributed by atoms with Crippen LogP contribution in [0, 0.1) is 20.8 Å². The number of aromatic nitrogens is 1. The molecule has 6 heteroatoms. The van der Waals surface area contributed by atoms with Crippen molar-refractivity contribution in [1.82, 2.24) is 9.88 Å². The van der Waals surface area contributed by atoms with Crippen LogP contribution in [0.15, 0.2) is 35.0 Å². The minimum absolute atomic E-state index is 0.0773. The van der Waals surface area contributed by atoms with Gasteiger partial charge in [0.05, 0.1) is 17.1 Å². The van der Waals surface area contributed by atoms with Gasteiger partial charge in [0.25, 0.3) is 5.91 Å². The van der Waals surface area contributed by atoms with Crippen LogP contribution in [0.3, 0.4) is 0 Å². The number of amides is 1. The number of rotatable bonds is 8. The Labute approximate surface area is 174 Å². The van der Waals surface area contributed by atoms with Crippen molar-refractivity contribution < 1.29 is 9.53 Å². The van der Waals surface area contributed by atoms with Crippen molar-refractivity contribution in [2.75, 3.05) is 6.54 Å². The summed E-state index contributed by atoms with van der Waals surface area (Å²) in [5.74, 6) is 0.989. The lowest BCUT2D eigenvalue weighted by Gasteiger charge is -2.20. The third kappa shape index (κ3) is 5.00. The molecule has 0 fully saturated rings. The molecular formula is C22H26N2O2S2. The van der Waals surface area contributed by atoms with E-state index < -0.39 is 0 Å². The molecule has 0 saturated carbocycles. The zero-order valence-corrected chi connectivity index (χ0v) is 18.5.